The summed E-state index contributed by atoms with van der Waals surface area (Å²) in [5.41, 5.74) is 1.59. The summed E-state index contributed by atoms with van der Waals surface area (Å²) in [6, 6.07) is 11.2. The van der Waals surface area contributed by atoms with Gasteiger partial charge in [0.05, 0.1) is 13.0 Å². The number of fused-ring (bicyclic) bond motifs is 4. The minimum Gasteiger partial charge on any atom is -0.469 e. The molecule has 2 nitrogen and oxygen atoms in total. The predicted octanol–water partition coefficient (Wildman–Crippen LogP) is 6.17. The van der Waals surface area contributed by atoms with Crippen LogP contribution in [0, 0.1) is 53.3 Å². The van der Waals surface area contributed by atoms with E-state index in [1.807, 2.05) is 0 Å². The highest BCUT2D eigenvalue weighted by atomic mass is 16.5. The molecule has 6 unspecified atom stereocenters. The van der Waals surface area contributed by atoms with Crippen molar-refractivity contribution in [2.75, 3.05) is 7.11 Å². The minimum atomic E-state index is 0.0197. The van der Waals surface area contributed by atoms with Crippen molar-refractivity contribution in [1.82, 2.24) is 0 Å². The van der Waals surface area contributed by atoms with Crippen molar-refractivity contribution in [1.29, 1.82) is 0 Å². The highest BCUT2D eigenvalue weighted by Gasteiger charge is 2.51. The van der Waals surface area contributed by atoms with Crippen molar-refractivity contribution in [2.24, 2.45) is 53.3 Å². The quantitative estimate of drug-likeness (QED) is 0.572. The first-order valence-corrected chi connectivity index (χ1v) is 11.5. The fraction of sp³-hybridized carbons (Fsp3) is 0.731. The van der Waals surface area contributed by atoms with E-state index in [0.29, 0.717) is 11.8 Å². The molecule has 4 saturated carbocycles. The van der Waals surface area contributed by atoms with Gasteiger partial charge < -0.3 is 4.74 Å². The Bertz CT molecular complexity index is 679. The van der Waals surface area contributed by atoms with E-state index in [2.05, 4.69) is 58.0 Å². The monoisotopic (exact) mass is 382 g/mol. The molecule has 0 spiro atoms. The van der Waals surface area contributed by atoms with Crippen LogP contribution in [0.1, 0.15) is 64.9 Å². The van der Waals surface area contributed by atoms with Gasteiger partial charge in [0.15, 0.2) is 0 Å². The van der Waals surface area contributed by atoms with Crippen LogP contribution in [0.5, 0.6) is 0 Å². The molecule has 0 amide bonds. The molecule has 2 heteroatoms. The number of carbonyl (C=O) groups is 1. The highest BCUT2D eigenvalue weighted by molar-refractivity contribution is 5.73. The Hall–Kier alpha value is -1.31. The third-order valence-electron chi connectivity index (χ3n) is 9.53. The van der Waals surface area contributed by atoms with Crippen molar-refractivity contribution < 1.29 is 9.53 Å². The Kier molecular flexibility index (Phi) is 5.60. The van der Waals surface area contributed by atoms with E-state index in [1.54, 1.807) is 5.56 Å². The van der Waals surface area contributed by atoms with E-state index in [4.69, 9.17) is 4.74 Å². The zero-order valence-electron chi connectivity index (χ0n) is 18.3. The van der Waals surface area contributed by atoms with Crippen molar-refractivity contribution in [3.05, 3.63) is 35.9 Å². The van der Waals surface area contributed by atoms with Crippen molar-refractivity contribution >= 4 is 5.97 Å². The van der Waals surface area contributed by atoms with Gasteiger partial charge in [-0.25, -0.2) is 0 Å². The van der Waals surface area contributed by atoms with Gasteiger partial charge in [0.2, 0.25) is 0 Å². The second-order valence-electron chi connectivity index (χ2n) is 10.4. The van der Waals surface area contributed by atoms with E-state index in [1.165, 1.54) is 26.4 Å². The molecule has 28 heavy (non-hydrogen) atoms. The maximum atomic E-state index is 11.4. The van der Waals surface area contributed by atoms with Crippen LogP contribution in [0.25, 0.3) is 0 Å². The average molecular weight is 383 g/mol. The summed E-state index contributed by atoms with van der Waals surface area (Å²) in [5, 5.41) is 0. The largest absolute Gasteiger partial charge is 0.469 e. The van der Waals surface area contributed by atoms with Crippen LogP contribution in [0.2, 0.25) is 0 Å². The summed E-state index contributed by atoms with van der Waals surface area (Å²) < 4.78 is 4.83. The first-order valence-electron chi connectivity index (χ1n) is 11.5. The van der Waals surface area contributed by atoms with Crippen LogP contribution < -0.4 is 0 Å². The normalized spacial score (nSPS) is 45.6. The van der Waals surface area contributed by atoms with E-state index >= 15 is 0 Å². The fourth-order valence-electron chi connectivity index (χ4n) is 7.39. The maximum absolute atomic E-state index is 11.4. The molecular formula is C26H38O2. The molecule has 154 valence electrons. The number of hydrogen-bond acceptors (Lipinski definition) is 2. The van der Waals surface area contributed by atoms with E-state index in [9.17, 15) is 4.79 Å². The van der Waals surface area contributed by atoms with Crippen LogP contribution in [-0.2, 0) is 9.53 Å². The lowest BCUT2D eigenvalue weighted by atomic mass is 9.73. The van der Waals surface area contributed by atoms with Gasteiger partial charge in [0.1, 0.15) is 0 Å². The van der Waals surface area contributed by atoms with Gasteiger partial charge in [-0.15, -0.1) is 0 Å². The van der Waals surface area contributed by atoms with Crippen LogP contribution in [0.3, 0.4) is 0 Å². The summed E-state index contributed by atoms with van der Waals surface area (Å²) in [7, 11) is 1.50. The minimum absolute atomic E-state index is 0.0197. The summed E-state index contributed by atoms with van der Waals surface area (Å²) >= 11 is 0. The number of benzene rings is 1. The molecule has 0 aliphatic heterocycles. The van der Waals surface area contributed by atoms with Gasteiger partial charge >= 0.3 is 5.97 Å². The summed E-state index contributed by atoms with van der Waals surface area (Å²) in [6.45, 7) is 9.52. The third-order valence-corrected chi connectivity index (χ3v) is 9.53. The molecule has 0 aromatic heterocycles. The number of esters is 1. The van der Waals surface area contributed by atoms with E-state index < -0.39 is 0 Å². The van der Waals surface area contributed by atoms with Crippen LogP contribution in [0.4, 0.5) is 0 Å². The Balaban J connectivity index is 0.000000139. The Morgan fingerprint density at radius 1 is 0.786 bits per heavy atom. The standard InChI is InChI=1S/C15H20.C11H18O2/c1-10-11(2)14-8-13(10)9-15(14)12-6-4-3-5-7-12;1-6-7(2)9-4-8(6)5-10(9)11(12)13-3/h3-7,10-11,13-15H,8-9H2,1-2H3;6-10H,4-5H2,1-3H3/t10?,11?,13-,14-,15?;6?,7?,8-,9-,10?/m11/s1. The average Bonchev–Trinajstić information content (AvgIpc) is 3.47. The van der Waals surface area contributed by atoms with E-state index in [-0.39, 0.29) is 11.9 Å². The van der Waals surface area contributed by atoms with Gasteiger partial charge in [-0.05, 0) is 84.5 Å². The molecule has 0 N–H and O–H groups in total. The number of ether oxygens (including phenoxy) is 1. The van der Waals surface area contributed by atoms with Crippen LogP contribution >= 0.6 is 0 Å². The summed E-state index contributed by atoms with van der Waals surface area (Å²) in [5.74, 6) is 7.88. The zero-order chi connectivity index (χ0) is 20.0. The van der Waals surface area contributed by atoms with Gasteiger partial charge in [-0.3, -0.25) is 4.79 Å². The molecular weight excluding hydrogens is 344 g/mol. The topological polar surface area (TPSA) is 26.3 Å². The Morgan fingerprint density at radius 2 is 1.36 bits per heavy atom. The highest BCUT2D eigenvalue weighted by Crippen LogP contribution is 2.58. The lowest BCUT2D eigenvalue weighted by Crippen LogP contribution is -2.30. The van der Waals surface area contributed by atoms with E-state index in [0.717, 1.165) is 47.8 Å². The van der Waals surface area contributed by atoms with Crippen LogP contribution in [0.15, 0.2) is 30.3 Å². The first-order chi connectivity index (χ1) is 13.4. The first kappa shape index (κ1) is 20.0. The number of carbonyl (C=O) groups excluding carboxylic acids is 1. The second kappa shape index (κ2) is 7.84. The number of hydrogen-bond donors (Lipinski definition) is 0. The molecule has 4 fully saturated rings. The lowest BCUT2D eigenvalue weighted by molar-refractivity contribution is -0.148. The smallest absolute Gasteiger partial charge is 0.308 e. The molecule has 10 atom stereocenters. The lowest BCUT2D eigenvalue weighted by Gasteiger charge is -2.32. The number of methoxy groups -OCH3 is 1. The molecule has 4 bridgehead atoms. The zero-order valence-corrected chi connectivity index (χ0v) is 18.3. The van der Waals surface area contributed by atoms with Crippen molar-refractivity contribution in [3.8, 4) is 0 Å². The summed E-state index contributed by atoms with van der Waals surface area (Å²) in [4.78, 5) is 11.4. The molecule has 1 aromatic rings. The maximum Gasteiger partial charge on any atom is 0.308 e. The van der Waals surface area contributed by atoms with Gasteiger partial charge in [-0.2, -0.15) is 0 Å². The van der Waals surface area contributed by atoms with Gasteiger partial charge in [0.25, 0.3) is 0 Å². The molecule has 0 radical (unpaired) electrons. The molecule has 4 aliphatic rings. The molecule has 0 heterocycles. The molecule has 0 saturated heterocycles. The molecule has 1 aromatic carbocycles. The van der Waals surface area contributed by atoms with Crippen LogP contribution in [-0.4, -0.2) is 13.1 Å². The third kappa shape index (κ3) is 3.31. The molecule has 4 aliphatic carbocycles. The van der Waals surface area contributed by atoms with Gasteiger partial charge in [0, 0.05) is 0 Å². The Labute approximate surface area is 171 Å². The summed E-state index contributed by atoms with van der Waals surface area (Å²) in [6.07, 6.45) is 5.26. The van der Waals surface area contributed by atoms with Gasteiger partial charge in [-0.1, -0.05) is 58.0 Å². The SMILES string of the molecule is CC1C(C)[C@H]2C[C@@H]1CC2c1ccccc1.COC(=O)C1C[C@H]2C[C@@H]1C(C)C2C. The Morgan fingerprint density at radius 3 is 1.86 bits per heavy atom. The van der Waals surface area contributed by atoms with Crippen molar-refractivity contribution in [2.45, 2.75) is 59.3 Å². The van der Waals surface area contributed by atoms with Crippen molar-refractivity contribution in [3.63, 3.8) is 0 Å². The predicted molar refractivity (Wildman–Crippen MR) is 114 cm³/mol. The second-order valence-corrected chi connectivity index (χ2v) is 10.4. The number of rotatable bonds is 2. The molecule has 5 rings (SSSR count). The fourth-order valence-corrected chi connectivity index (χ4v) is 7.39.